The quantitative estimate of drug-likeness (QED) is 0.699. The number of nitrogens with one attached hydrogen (secondary N) is 1. The average Bonchev–Trinajstić information content (AvgIpc) is 3.10. The van der Waals surface area contributed by atoms with Gasteiger partial charge >= 0.3 is 0 Å². The van der Waals surface area contributed by atoms with Gasteiger partial charge in [-0.2, -0.15) is 0 Å². The van der Waals surface area contributed by atoms with Gasteiger partial charge in [0, 0.05) is 43.4 Å². The first-order valence-electron chi connectivity index (χ1n) is 9.48. The molecule has 142 valence electrons. The standard InChI is InChI=1S/C22H25ClN2O2/c23-19-11-9-18(10-12-19)20(17-6-2-1-3-7-17)16-21(26)24-13-5-15-25-14-4-8-22(25)27/h1-3,6-7,9-12,20H,4-5,8,13-16H2,(H,24,26)/t20-/m0/s1. The minimum Gasteiger partial charge on any atom is -0.356 e. The Morgan fingerprint density at radius 1 is 1.07 bits per heavy atom. The van der Waals surface area contributed by atoms with Crippen LogP contribution in [-0.4, -0.2) is 36.3 Å². The van der Waals surface area contributed by atoms with Crippen molar-refractivity contribution < 1.29 is 9.59 Å². The highest BCUT2D eigenvalue weighted by molar-refractivity contribution is 6.30. The largest absolute Gasteiger partial charge is 0.356 e. The van der Waals surface area contributed by atoms with Crippen LogP contribution < -0.4 is 5.32 Å². The number of halogens is 1. The van der Waals surface area contributed by atoms with E-state index < -0.39 is 0 Å². The Kier molecular flexibility index (Phi) is 6.88. The maximum Gasteiger partial charge on any atom is 0.222 e. The molecule has 27 heavy (non-hydrogen) atoms. The normalized spacial score (nSPS) is 15.0. The highest BCUT2D eigenvalue weighted by Gasteiger charge is 2.20. The third-order valence-corrected chi connectivity index (χ3v) is 5.21. The molecule has 2 aromatic rings. The van der Waals surface area contributed by atoms with E-state index in [-0.39, 0.29) is 17.7 Å². The molecule has 1 N–H and O–H groups in total. The molecule has 0 spiro atoms. The molecule has 2 amide bonds. The average molecular weight is 385 g/mol. The van der Waals surface area contributed by atoms with Gasteiger partial charge < -0.3 is 10.2 Å². The van der Waals surface area contributed by atoms with Crippen molar-refractivity contribution in [2.45, 2.75) is 31.6 Å². The van der Waals surface area contributed by atoms with E-state index in [0.717, 1.165) is 37.1 Å². The molecule has 1 heterocycles. The first-order valence-corrected chi connectivity index (χ1v) is 9.86. The van der Waals surface area contributed by atoms with Gasteiger partial charge in [0.05, 0.1) is 0 Å². The number of hydrogen-bond acceptors (Lipinski definition) is 2. The number of amides is 2. The van der Waals surface area contributed by atoms with Gasteiger partial charge in [0.1, 0.15) is 0 Å². The first-order chi connectivity index (χ1) is 13.1. The molecule has 0 aromatic heterocycles. The third kappa shape index (κ3) is 5.57. The predicted molar refractivity (Wildman–Crippen MR) is 108 cm³/mol. The smallest absolute Gasteiger partial charge is 0.222 e. The lowest BCUT2D eigenvalue weighted by atomic mass is 9.88. The lowest BCUT2D eigenvalue weighted by molar-refractivity contribution is -0.127. The number of benzene rings is 2. The lowest BCUT2D eigenvalue weighted by Gasteiger charge is -2.19. The SMILES string of the molecule is O=C(C[C@@H](c1ccccc1)c1ccc(Cl)cc1)NCCCN1CCCC1=O. The van der Waals surface area contributed by atoms with Crippen molar-refractivity contribution in [2.75, 3.05) is 19.6 Å². The van der Waals surface area contributed by atoms with Gasteiger partial charge in [-0.1, -0.05) is 54.1 Å². The minimum atomic E-state index is -0.0105. The predicted octanol–water partition coefficient (Wildman–Crippen LogP) is 3.99. The minimum absolute atomic E-state index is 0.0105. The summed E-state index contributed by atoms with van der Waals surface area (Å²) in [6.07, 6.45) is 2.78. The van der Waals surface area contributed by atoms with Crippen LogP contribution in [0.4, 0.5) is 0 Å². The molecule has 4 nitrogen and oxygen atoms in total. The number of hydrogen-bond donors (Lipinski definition) is 1. The van der Waals surface area contributed by atoms with Crippen molar-refractivity contribution in [2.24, 2.45) is 0 Å². The van der Waals surface area contributed by atoms with Crippen molar-refractivity contribution in [3.05, 3.63) is 70.7 Å². The van der Waals surface area contributed by atoms with Crippen molar-refractivity contribution in [1.82, 2.24) is 10.2 Å². The summed E-state index contributed by atoms with van der Waals surface area (Å²) in [5.74, 6) is 0.239. The van der Waals surface area contributed by atoms with Gasteiger partial charge in [-0.3, -0.25) is 9.59 Å². The van der Waals surface area contributed by atoms with Crippen LogP contribution >= 0.6 is 11.6 Å². The Morgan fingerprint density at radius 2 is 1.78 bits per heavy atom. The Hall–Kier alpha value is -2.33. The van der Waals surface area contributed by atoms with Gasteiger partial charge in [0.15, 0.2) is 0 Å². The molecule has 0 bridgehead atoms. The molecule has 2 aromatic carbocycles. The lowest BCUT2D eigenvalue weighted by Crippen LogP contribution is -2.31. The first kappa shape index (κ1) is 19.4. The topological polar surface area (TPSA) is 49.4 Å². The summed E-state index contributed by atoms with van der Waals surface area (Å²) in [5.41, 5.74) is 2.18. The van der Waals surface area contributed by atoms with Crippen LogP contribution in [0, 0.1) is 0 Å². The molecule has 1 aliphatic rings. The summed E-state index contributed by atoms with van der Waals surface area (Å²) in [6, 6.07) is 17.7. The molecular weight excluding hydrogens is 360 g/mol. The van der Waals surface area contributed by atoms with Crippen LogP contribution in [0.1, 0.15) is 42.7 Å². The van der Waals surface area contributed by atoms with Crippen molar-refractivity contribution in [3.8, 4) is 0 Å². The maximum atomic E-state index is 12.5. The zero-order valence-electron chi connectivity index (χ0n) is 15.4. The zero-order valence-corrected chi connectivity index (χ0v) is 16.1. The molecule has 0 aliphatic carbocycles. The number of rotatable bonds is 8. The van der Waals surface area contributed by atoms with Crippen LogP contribution in [0.2, 0.25) is 5.02 Å². The molecule has 0 radical (unpaired) electrons. The molecule has 1 saturated heterocycles. The van der Waals surface area contributed by atoms with E-state index in [4.69, 9.17) is 11.6 Å². The van der Waals surface area contributed by atoms with Crippen LogP contribution in [0.5, 0.6) is 0 Å². The summed E-state index contributed by atoms with van der Waals surface area (Å²) in [6.45, 7) is 2.16. The highest BCUT2D eigenvalue weighted by Crippen LogP contribution is 2.28. The highest BCUT2D eigenvalue weighted by atomic mass is 35.5. The summed E-state index contributed by atoms with van der Waals surface area (Å²) >= 11 is 6.01. The molecule has 1 atom stereocenters. The number of nitrogens with zero attached hydrogens (tertiary/aromatic N) is 1. The van der Waals surface area contributed by atoms with Gasteiger partial charge in [-0.15, -0.1) is 0 Å². The van der Waals surface area contributed by atoms with Crippen molar-refractivity contribution >= 4 is 23.4 Å². The van der Waals surface area contributed by atoms with Gasteiger partial charge in [0.2, 0.25) is 11.8 Å². The van der Waals surface area contributed by atoms with E-state index in [0.29, 0.717) is 24.4 Å². The van der Waals surface area contributed by atoms with Gasteiger partial charge in [-0.05, 0) is 36.1 Å². The van der Waals surface area contributed by atoms with E-state index in [1.165, 1.54) is 0 Å². The molecule has 0 saturated carbocycles. The van der Waals surface area contributed by atoms with Crippen LogP contribution in [-0.2, 0) is 9.59 Å². The second kappa shape index (κ2) is 9.56. The van der Waals surface area contributed by atoms with Crippen molar-refractivity contribution in [3.63, 3.8) is 0 Å². The van der Waals surface area contributed by atoms with Crippen LogP contribution in [0.3, 0.4) is 0 Å². The van der Waals surface area contributed by atoms with Crippen molar-refractivity contribution in [1.29, 1.82) is 0 Å². The molecule has 3 rings (SSSR count). The summed E-state index contributed by atoms with van der Waals surface area (Å²) < 4.78 is 0. The molecule has 1 aliphatic heterocycles. The fraction of sp³-hybridized carbons (Fsp3) is 0.364. The van der Waals surface area contributed by atoms with E-state index in [1.807, 2.05) is 59.5 Å². The summed E-state index contributed by atoms with van der Waals surface area (Å²) in [7, 11) is 0. The second-order valence-electron chi connectivity index (χ2n) is 6.91. The molecule has 0 unspecified atom stereocenters. The second-order valence-corrected chi connectivity index (χ2v) is 7.34. The third-order valence-electron chi connectivity index (χ3n) is 4.96. The van der Waals surface area contributed by atoms with Gasteiger partial charge in [0.25, 0.3) is 0 Å². The van der Waals surface area contributed by atoms with Crippen LogP contribution in [0.15, 0.2) is 54.6 Å². The monoisotopic (exact) mass is 384 g/mol. The Morgan fingerprint density at radius 3 is 2.44 bits per heavy atom. The summed E-state index contributed by atoms with van der Waals surface area (Å²) in [5, 5.41) is 3.69. The fourth-order valence-electron chi connectivity index (χ4n) is 3.50. The van der Waals surface area contributed by atoms with E-state index in [1.54, 1.807) is 0 Å². The maximum absolute atomic E-state index is 12.5. The molecular formula is C22H25ClN2O2. The Bertz CT molecular complexity index is 762. The molecule has 1 fully saturated rings. The summed E-state index contributed by atoms with van der Waals surface area (Å²) in [4.78, 5) is 26.0. The van der Waals surface area contributed by atoms with E-state index in [2.05, 4.69) is 5.32 Å². The zero-order chi connectivity index (χ0) is 19.1. The number of carbonyl (C=O) groups is 2. The van der Waals surface area contributed by atoms with E-state index in [9.17, 15) is 9.59 Å². The number of likely N-dealkylation sites (tertiary alicyclic amines) is 1. The van der Waals surface area contributed by atoms with E-state index >= 15 is 0 Å². The Labute approximate surface area is 165 Å². The van der Waals surface area contributed by atoms with Gasteiger partial charge in [-0.25, -0.2) is 0 Å². The Balaban J connectivity index is 1.56. The molecule has 5 heteroatoms. The van der Waals surface area contributed by atoms with Crippen LogP contribution in [0.25, 0.3) is 0 Å². The fourth-order valence-corrected chi connectivity index (χ4v) is 3.63. The number of carbonyl (C=O) groups excluding carboxylic acids is 2.